The number of amides is 2. The minimum absolute atomic E-state index is 0.112. The Morgan fingerprint density at radius 2 is 0.750 bits per heavy atom. The van der Waals surface area contributed by atoms with Crippen LogP contribution in [-0.4, -0.2) is 24.9 Å². The molecular formula is C32H62N2O2. The normalized spacial score (nSPS) is 11.3. The third-order valence-electron chi connectivity index (χ3n) is 6.94. The van der Waals surface area contributed by atoms with Crippen LogP contribution in [0.25, 0.3) is 0 Å². The van der Waals surface area contributed by atoms with Gasteiger partial charge in [-0.15, -0.1) is 0 Å². The van der Waals surface area contributed by atoms with E-state index in [1.807, 2.05) is 0 Å². The number of nitrogens with one attached hydrogen (secondary N) is 2. The summed E-state index contributed by atoms with van der Waals surface area (Å²) in [6.45, 7) is 5.59. The molecule has 0 aromatic carbocycles. The van der Waals surface area contributed by atoms with Gasteiger partial charge >= 0.3 is 0 Å². The zero-order valence-electron chi connectivity index (χ0n) is 24.4. The highest BCUT2D eigenvalue weighted by molar-refractivity contribution is 5.77. The lowest BCUT2D eigenvalue weighted by molar-refractivity contribution is -0.123. The van der Waals surface area contributed by atoms with Crippen LogP contribution in [0, 0.1) is 0 Å². The maximum absolute atomic E-state index is 11.9. The van der Waals surface area contributed by atoms with E-state index < -0.39 is 0 Å². The van der Waals surface area contributed by atoms with Crippen molar-refractivity contribution in [2.45, 2.75) is 168 Å². The summed E-state index contributed by atoms with van der Waals surface area (Å²) in [7, 11) is 0. The van der Waals surface area contributed by atoms with Gasteiger partial charge in [0, 0.05) is 25.9 Å². The topological polar surface area (TPSA) is 58.2 Å². The first kappa shape index (κ1) is 34.7. The molecule has 0 bridgehead atoms. The first-order valence-electron chi connectivity index (χ1n) is 15.9. The maximum atomic E-state index is 11.9. The maximum Gasteiger partial charge on any atom is 0.220 e. The highest BCUT2D eigenvalue weighted by Crippen LogP contribution is 2.11. The van der Waals surface area contributed by atoms with Crippen molar-refractivity contribution in [3.05, 3.63) is 12.2 Å². The van der Waals surface area contributed by atoms with Gasteiger partial charge in [-0.05, 0) is 38.5 Å². The van der Waals surface area contributed by atoms with Gasteiger partial charge in [0.15, 0.2) is 0 Å². The molecule has 36 heavy (non-hydrogen) atoms. The largest absolute Gasteiger partial charge is 0.354 e. The Morgan fingerprint density at radius 1 is 0.444 bits per heavy atom. The lowest BCUT2D eigenvalue weighted by Crippen LogP contribution is -2.34. The Hall–Kier alpha value is -1.32. The summed E-state index contributed by atoms with van der Waals surface area (Å²) in [6, 6.07) is 0. The smallest absolute Gasteiger partial charge is 0.220 e. The molecule has 0 unspecified atom stereocenters. The fourth-order valence-corrected chi connectivity index (χ4v) is 4.53. The molecular weight excluding hydrogens is 444 g/mol. The minimum atomic E-state index is 0.112. The van der Waals surface area contributed by atoms with Crippen molar-refractivity contribution in [2.24, 2.45) is 0 Å². The molecule has 0 saturated heterocycles. The molecule has 4 nitrogen and oxygen atoms in total. The fraction of sp³-hybridized carbons (Fsp3) is 0.875. The highest BCUT2D eigenvalue weighted by atomic mass is 16.2. The molecule has 0 heterocycles. The molecule has 0 aromatic rings. The Morgan fingerprint density at radius 3 is 1.11 bits per heavy atom. The number of rotatable bonds is 28. The van der Waals surface area contributed by atoms with E-state index >= 15 is 0 Å². The van der Waals surface area contributed by atoms with Crippen LogP contribution in [-0.2, 0) is 9.59 Å². The van der Waals surface area contributed by atoms with Crippen LogP contribution in [0.15, 0.2) is 12.2 Å². The van der Waals surface area contributed by atoms with Crippen molar-refractivity contribution in [1.29, 1.82) is 0 Å². The van der Waals surface area contributed by atoms with Crippen molar-refractivity contribution in [2.75, 3.05) is 13.1 Å². The van der Waals surface area contributed by atoms with Gasteiger partial charge in [-0.2, -0.15) is 0 Å². The van der Waals surface area contributed by atoms with E-state index in [9.17, 15) is 9.59 Å². The summed E-state index contributed by atoms with van der Waals surface area (Å²) in [5.74, 6) is 0.227. The predicted octanol–water partition coefficient (Wildman–Crippen LogP) is 9.18. The highest BCUT2D eigenvalue weighted by Gasteiger charge is 2.03. The van der Waals surface area contributed by atoms with E-state index in [2.05, 4.69) is 36.6 Å². The molecule has 212 valence electrons. The van der Waals surface area contributed by atoms with Crippen LogP contribution < -0.4 is 10.6 Å². The van der Waals surface area contributed by atoms with E-state index in [0.29, 0.717) is 25.9 Å². The van der Waals surface area contributed by atoms with E-state index in [1.54, 1.807) is 0 Å². The Labute approximate surface area is 225 Å². The lowest BCUT2D eigenvalue weighted by Gasteiger charge is -2.07. The molecule has 0 saturated carbocycles. The van der Waals surface area contributed by atoms with Crippen LogP contribution in [0.1, 0.15) is 168 Å². The van der Waals surface area contributed by atoms with Gasteiger partial charge in [-0.25, -0.2) is 0 Å². The molecule has 0 aliphatic carbocycles. The van der Waals surface area contributed by atoms with E-state index in [0.717, 1.165) is 25.7 Å². The van der Waals surface area contributed by atoms with Gasteiger partial charge in [0.25, 0.3) is 0 Å². The standard InChI is InChI=1S/C32H62N2O2/c1-3-5-7-9-11-13-14-15-16-17-18-20-22-24-26-28-32(36)34-30-29-33-31(35)27-25-23-21-19-12-10-8-6-4-2/h15-16H,3-14,17-30H2,1-2H3,(H,33,35)(H,34,36)/b16-15-. The fourth-order valence-electron chi connectivity index (χ4n) is 4.53. The quantitative estimate of drug-likeness (QED) is 0.0820. The molecule has 2 N–H and O–H groups in total. The molecule has 4 heteroatoms. The second kappa shape index (κ2) is 29.9. The minimum Gasteiger partial charge on any atom is -0.354 e. The van der Waals surface area contributed by atoms with E-state index in [1.165, 1.54) is 116 Å². The van der Waals surface area contributed by atoms with Crippen molar-refractivity contribution < 1.29 is 9.59 Å². The first-order valence-corrected chi connectivity index (χ1v) is 15.9. The monoisotopic (exact) mass is 506 g/mol. The summed E-state index contributed by atoms with van der Waals surface area (Å²) >= 11 is 0. The summed E-state index contributed by atoms with van der Waals surface area (Å²) in [4.78, 5) is 23.8. The predicted molar refractivity (Wildman–Crippen MR) is 157 cm³/mol. The number of hydrogen-bond donors (Lipinski definition) is 2. The summed E-state index contributed by atoms with van der Waals surface area (Å²) < 4.78 is 0. The Kier molecular flexibility index (Phi) is 28.8. The Bertz CT molecular complexity index is 504. The first-order chi connectivity index (χ1) is 17.7. The van der Waals surface area contributed by atoms with E-state index in [4.69, 9.17) is 0 Å². The second-order valence-electron chi connectivity index (χ2n) is 10.6. The lowest BCUT2D eigenvalue weighted by atomic mass is 10.1. The summed E-state index contributed by atoms with van der Waals surface area (Å²) in [5, 5.41) is 5.86. The molecule has 0 fully saturated rings. The molecule has 0 aromatic heterocycles. The molecule has 0 radical (unpaired) electrons. The van der Waals surface area contributed by atoms with Gasteiger partial charge in [0.1, 0.15) is 0 Å². The number of allylic oxidation sites excluding steroid dienone is 2. The third-order valence-corrected chi connectivity index (χ3v) is 6.94. The number of hydrogen-bond acceptors (Lipinski definition) is 2. The molecule has 0 aliphatic heterocycles. The van der Waals surface area contributed by atoms with Crippen molar-refractivity contribution in [1.82, 2.24) is 10.6 Å². The van der Waals surface area contributed by atoms with Gasteiger partial charge in [-0.3, -0.25) is 9.59 Å². The number of carbonyl (C=O) groups is 2. The average molecular weight is 507 g/mol. The molecule has 0 atom stereocenters. The summed E-state index contributed by atoms with van der Waals surface area (Å²) in [5.41, 5.74) is 0. The zero-order valence-corrected chi connectivity index (χ0v) is 24.4. The van der Waals surface area contributed by atoms with Crippen LogP contribution in [0.4, 0.5) is 0 Å². The van der Waals surface area contributed by atoms with Crippen molar-refractivity contribution in [3.63, 3.8) is 0 Å². The van der Waals surface area contributed by atoms with Crippen molar-refractivity contribution in [3.8, 4) is 0 Å². The van der Waals surface area contributed by atoms with Crippen LogP contribution in [0.2, 0.25) is 0 Å². The summed E-state index contributed by atoms with van der Waals surface area (Å²) in [6.07, 6.45) is 33.8. The van der Waals surface area contributed by atoms with Gasteiger partial charge in [0.2, 0.25) is 11.8 Å². The number of carbonyl (C=O) groups excluding carboxylic acids is 2. The zero-order chi connectivity index (χ0) is 26.4. The van der Waals surface area contributed by atoms with Gasteiger partial charge < -0.3 is 10.6 Å². The van der Waals surface area contributed by atoms with Crippen molar-refractivity contribution >= 4 is 11.8 Å². The SMILES string of the molecule is CCCCCCCC/C=C\CCCCCCCC(=O)NCCNC(=O)CCCCCCCCCCC. The van der Waals surface area contributed by atoms with Crippen LogP contribution >= 0.6 is 0 Å². The van der Waals surface area contributed by atoms with E-state index in [-0.39, 0.29) is 11.8 Å². The van der Waals surface area contributed by atoms with Crippen LogP contribution in [0.5, 0.6) is 0 Å². The molecule has 0 aliphatic rings. The van der Waals surface area contributed by atoms with Gasteiger partial charge in [-0.1, -0.05) is 129 Å². The van der Waals surface area contributed by atoms with Crippen LogP contribution in [0.3, 0.4) is 0 Å². The Balaban J connectivity index is 3.32. The molecule has 0 spiro atoms. The third kappa shape index (κ3) is 28.9. The van der Waals surface area contributed by atoms with Gasteiger partial charge in [0.05, 0.1) is 0 Å². The molecule has 0 rings (SSSR count). The average Bonchev–Trinajstić information content (AvgIpc) is 2.88. The molecule has 2 amide bonds. The number of unbranched alkanes of at least 4 members (excludes halogenated alkanes) is 19. The second-order valence-corrected chi connectivity index (χ2v) is 10.6.